The smallest absolute Gasteiger partial charge is 0.270 e. The number of hydrogen-bond donors (Lipinski definition) is 1. The second-order valence-corrected chi connectivity index (χ2v) is 6.25. The Kier molecular flexibility index (Phi) is 5.69. The van der Waals surface area contributed by atoms with Gasteiger partial charge < -0.3 is 9.64 Å². The van der Waals surface area contributed by atoms with Crippen LogP contribution in [0.25, 0.3) is 11.3 Å². The van der Waals surface area contributed by atoms with Gasteiger partial charge in [-0.3, -0.25) is 9.78 Å². The Bertz CT molecular complexity index is 857. The number of aromatic nitrogens is 2. The summed E-state index contributed by atoms with van der Waals surface area (Å²) in [5.74, 6) is 1.24. The summed E-state index contributed by atoms with van der Waals surface area (Å²) in [6, 6.07) is 9.21. The highest BCUT2D eigenvalue weighted by Crippen LogP contribution is 2.24. The van der Waals surface area contributed by atoms with Crippen molar-refractivity contribution in [1.29, 1.82) is 5.26 Å². The average Bonchev–Trinajstić information content (AvgIpc) is 2.95. The van der Waals surface area contributed by atoms with Crippen LogP contribution in [0, 0.1) is 11.3 Å². The first kappa shape index (κ1) is 17.7. The minimum absolute atomic E-state index is 0.0309. The highest BCUT2D eigenvalue weighted by molar-refractivity contribution is 5.67. The van der Waals surface area contributed by atoms with E-state index in [0.717, 1.165) is 31.5 Å². The molecule has 1 fully saturated rings. The van der Waals surface area contributed by atoms with Gasteiger partial charge in [0, 0.05) is 18.7 Å². The van der Waals surface area contributed by atoms with E-state index in [4.69, 9.17) is 4.74 Å². The van der Waals surface area contributed by atoms with Gasteiger partial charge in [-0.15, -0.1) is 0 Å². The summed E-state index contributed by atoms with van der Waals surface area (Å²) in [4.78, 5) is 21.9. The molecule has 0 spiro atoms. The van der Waals surface area contributed by atoms with E-state index in [1.165, 1.54) is 12.8 Å². The number of H-pyrrole nitrogens is 1. The molecule has 2 heterocycles. The topological polar surface area (TPSA) is 82.0 Å². The fourth-order valence-electron chi connectivity index (χ4n) is 3.07. The van der Waals surface area contributed by atoms with Gasteiger partial charge in [0.15, 0.2) is 0 Å². The minimum Gasteiger partial charge on any atom is -0.490 e. The number of benzene rings is 1. The Morgan fingerprint density at radius 1 is 1.23 bits per heavy atom. The van der Waals surface area contributed by atoms with Crippen molar-refractivity contribution in [3.8, 4) is 23.1 Å². The van der Waals surface area contributed by atoms with Crippen LogP contribution in [0.5, 0.6) is 5.75 Å². The molecule has 134 valence electrons. The summed E-state index contributed by atoms with van der Waals surface area (Å²) < 4.78 is 5.48. The minimum atomic E-state index is -0.399. The van der Waals surface area contributed by atoms with Crippen LogP contribution in [0.3, 0.4) is 0 Å². The number of anilines is 1. The van der Waals surface area contributed by atoms with E-state index in [9.17, 15) is 10.1 Å². The first-order valence-electron chi connectivity index (χ1n) is 8.86. The van der Waals surface area contributed by atoms with Gasteiger partial charge in [0.25, 0.3) is 5.56 Å². The molecule has 0 unspecified atom stereocenters. The molecule has 0 radical (unpaired) electrons. The van der Waals surface area contributed by atoms with Crippen molar-refractivity contribution in [3.05, 3.63) is 52.8 Å². The van der Waals surface area contributed by atoms with Crippen LogP contribution >= 0.6 is 0 Å². The third-order valence-electron chi connectivity index (χ3n) is 4.42. The number of nitrogens with zero attached hydrogens (tertiary/aromatic N) is 3. The fraction of sp³-hybridized carbons (Fsp3) is 0.350. The SMILES string of the molecule is C=CCOc1ccc(-c2nc(N3CCCCCC3)[nH]c(=O)c2C#N)cc1. The maximum Gasteiger partial charge on any atom is 0.270 e. The normalized spacial score (nSPS) is 14.3. The molecule has 3 rings (SSSR count). The van der Waals surface area contributed by atoms with Crippen molar-refractivity contribution in [1.82, 2.24) is 9.97 Å². The Balaban J connectivity index is 1.98. The largest absolute Gasteiger partial charge is 0.490 e. The molecule has 0 atom stereocenters. The van der Waals surface area contributed by atoms with Crippen molar-refractivity contribution in [2.45, 2.75) is 25.7 Å². The van der Waals surface area contributed by atoms with Crippen LogP contribution in [0.1, 0.15) is 31.2 Å². The molecule has 1 N–H and O–H groups in total. The van der Waals surface area contributed by atoms with Gasteiger partial charge in [-0.2, -0.15) is 5.26 Å². The zero-order chi connectivity index (χ0) is 18.4. The summed E-state index contributed by atoms with van der Waals surface area (Å²) in [5.41, 5.74) is 0.757. The Morgan fingerprint density at radius 2 is 1.92 bits per heavy atom. The molecular weight excluding hydrogens is 328 g/mol. The maximum atomic E-state index is 12.4. The van der Waals surface area contributed by atoms with Crippen molar-refractivity contribution in [3.63, 3.8) is 0 Å². The Hall–Kier alpha value is -3.07. The molecule has 2 aromatic rings. The lowest BCUT2D eigenvalue weighted by Gasteiger charge is -2.21. The highest BCUT2D eigenvalue weighted by atomic mass is 16.5. The first-order valence-corrected chi connectivity index (χ1v) is 8.86. The maximum absolute atomic E-state index is 12.4. The van der Waals surface area contributed by atoms with E-state index < -0.39 is 5.56 Å². The predicted molar refractivity (Wildman–Crippen MR) is 101 cm³/mol. The van der Waals surface area contributed by atoms with Crippen molar-refractivity contribution in [2.24, 2.45) is 0 Å². The number of rotatable bonds is 5. The molecular formula is C20H22N4O2. The van der Waals surface area contributed by atoms with Gasteiger partial charge in [-0.1, -0.05) is 25.5 Å². The molecule has 0 bridgehead atoms. The molecule has 1 saturated heterocycles. The molecule has 1 aromatic carbocycles. The van der Waals surface area contributed by atoms with Crippen LogP contribution in [-0.2, 0) is 0 Å². The summed E-state index contributed by atoms with van der Waals surface area (Å²) in [6.07, 6.45) is 6.21. The molecule has 1 aliphatic rings. The Labute approximate surface area is 152 Å². The number of aromatic amines is 1. The highest BCUT2D eigenvalue weighted by Gasteiger charge is 2.18. The van der Waals surface area contributed by atoms with E-state index in [1.807, 2.05) is 18.2 Å². The third-order valence-corrected chi connectivity index (χ3v) is 4.42. The summed E-state index contributed by atoms with van der Waals surface area (Å²) in [6.45, 7) is 5.77. The molecule has 1 aromatic heterocycles. The molecule has 26 heavy (non-hydrogen) atoms. The molecule has 0 aliphatic carbocycles. The standard InChI is InChI=1S/C20H22N4O2/c1-2-13-26-16-9-7-15(8-10-16)18-17(14-21)19(25)23-20(22-18)24-11-5-3-4-6-12-24/h2,7-10H,1,3-6,11-13H2,(H,22,23,25). The average molecular weight is 350 g/mol. The third kappa shape index (κ3) is 3.94. The van der Waals surface area contributed by atoms with E-state index in [1.54, 1.807) is 18.2 Å². The van der Waals surface area contributed by atoms with Gasteiger partial charge in [0.05, 0.1) is 5.69 Å². The lowest BCUT2D eigenvalue weighted by Crippen LogP contribution is -2.29. The predicted octanol–water partition coefficient (Wildman–Crippen LogP) is 3.25. The van der Waals surface area contributed by atoms with E-state index >= 15 is 0 Å². The number of hydrogen-bond acceptors (Lipinski definition) is 5. The Morgan fingerprint density at radius 3 is 2.54 bits per heavy atom. The van der Waals surface area contributed by atoms with Crippen LogP contribution in [0.15, 0.2) is 41.7 Å². The number of nitrogens with one attached hydrogen (secondary N) is 1. The van der Waals surface area contributed by atoms with Gasteiger partial charge in [-0.25, -0.2) is 4.98 Å². The number of nitriles is 1. The number of ether oxygens (including phenoxy) is 1. The first-order chi connectivity index (χ1) is 12.7. The van der Waals surface area contributed by atoms with Gasteiger partial charge in [0.2, 0.25) is 5.95 Å². The van der Waals surface area contributed by atoms with Crippen LogP contribution < -0.4 is 15.2 Å². The molecule has 6 heteroatoms. The fourth-order valence-corrected chi connectivity index (χ4v) is 3.07. The molecule has 0 amide bonds. The van der Waals surface area contributed by atoms with E-state index in [0.29, 0.717) is 24.0 Å². The van der Waals surface area contributed by atoms with Crippen LogP contribution in [-0.4, -0.2) is 29.7 Å². The quantitative estimate of drug-likeness (QED) is 0.837. The monoisotopic (exact) mass is 350 g/mol. The summed E-state index contributed by atoms with van der Waals surface area (Å²) >= 11 is 0. The zero-order valence-electron chi connectivity index (χ0n) is 14.7. The van der Waals surface area contributed by atoms with Gasteiger partial charge in [-0.05, 0) is 37.1 Å². The molecule has 6 nitrogen and oxygen atoms in total. The lowest BCUT2D eigenvalue weighted by atomic mass is 10.1. The molecule has 0 saturated carbocycles. The van der Waals surface area contributed by atoms with Gasteiger partial charge in [0.1, 0.15) is 24.0 Å². The molecule has 1 aliphatic heterocycles. The summed E-state index contributed by atoms with van der Waals surface area (Å²) in [5, 5.41) is 9.42. The van der Waals surface area contributed by atoms with E-state index in [2.05, 4.69) is 21.4 Å². The van der Waals surface area contributed by atoms with Crippen molar-refractivity contribution < 1.29 is 4.74 Å². The zero-order valence-corrected chi connectivity index (χ0v) is 14.7. The summed E-state index contributed by atoms with van der Waals surface area (Å²) in [7, 11) is 0. The second kappa shape index (κ2) is 8.34. The van der Waals surface area contributed by atoms with Gasteiger partial charge >= 0.3 is 0 Å². The van der Waals surface area contributed by atoms with Crippen LogP contribution in [0.4, 0.5) is 5.95 Å². The lowest BCUT2D eigenvalue weighted by molar-refractivity contribution is 0.363. The van der Waals surface area contributed by atoms with Crippen molar-refractivity contribution >= 4 is 5.95 Å². The van der Waals surface area contributed by atoms with E-state index in [-0.39, 0.29) is 5.56 Å². The van der Waals surface area contributed by atoms with Crippen molar-refractivity contribution in [2.75, 3.05) is 24.6 Å². The second-order valence-electron chi connectivity index (χ2n) is 6.25. The van der Waals surface area contributed by atoms with Crippen LogP contribution in [0.2, 0.25) is 0 Å².